The minimum absolute atomic E-state index is 0.0295. The number of pyridine rings is 1. The number of hydrogen-bond acceptors (Lipinski definition) is 7. The maximum absolute atomic E-state index is 11.9. The fraction of sp³-hybridized carbons (Fsp3) is 0.278. The lowest BCUT2D eigenvalue weighted by atomic mass is 10.1. The van der Waals surface area contributed by atoms with Gasteiger partial charge < -0.3 is 16.0 Å². The van der Waals surface area contributed by atoms with Gasteiger partial charge in [0, 0.05) is 25.3 Å². The molecule has 2 amide bonds. The first-order chi connectivity index (χ1) is 13.1. The third-order valence-electron chi connectivity index (χ3n) is 4.37. The molecule has 1 fully saturated rings. The van der Waals surface area contributed by atoms with Crippen LogP contribution in [0.3, 0.4) is 0 Å². The molecule has 0 aromatic carbocycles. The van der Waals surface area contributed by atoms with E-state index < -0.39 is 0 Å². The van der Waals surface area contributed by atoms with Crippen molar-refractivity contribution < 1.29 is 9.59 Å². The number of aromatic nitrogens is 3. The summed E-state index contributed by atoms with van der Waals surface area (Å²) in [5.41, 5.74) is 6.95. The largest absolute Gasteiger partial charge is 0.382 e. The van der Waals surface area contributed by atoms with Crippen LogP contribution in [0.5, 0.6) is 0 Å². The fourth-order valence-corrected chi connectivity index (χ4v) is 3.09. The van der Waals surface area contributed by atoms with Gasteiger partial charge in [-0.05, 0) is 31.1 Å². The number of nitrogen functional groups attached to an aromatic ring is 1. The number of nitrogens with zero attached hydrogens (tertiary/aromatic N) is 5. The molecule has 1 aliphatic rings. The molecule has 0 spiro atoms. The molecule has 27 heavy (non-hydrogen) atoms. The van der Waals surface area contributed by atoms with E-state index in [1.54, 1.807) is 29.4 Å². The second kappa shape index (κ2) is 8.26. The number of rotatable bonds is 6. The van der Waals surface area contributed by atoms with E-state index in [1.807, 2.05) is 0 Å². The Morgan fingerprint density at radius 1 is 1.44 bits per heavy atom. The Balaban J connectivity index is 1.88. The molecule has 9 nitrogen and oxygen atoms in total. The zero-order chi connectivity index (χ0) is 19.2. The molecule has 1 aliphatic heterocycles. The Kier molecular flexibility index (Phi) is 5.60. The molecule has 3 N–H and O–H groups in total. The summed E-state index contributed by atoms with van der Waals surface area (Å²) < 4.78 is 0. The van der Waals surface area contributed by atoms with E-state index in [4.69, 9.17) is 5.73 Å². The highest BCUT2D eigenvalue weighted by Crippen LogP contribution is 2.34. The van der Waals surface area contributed by atoms with Gasteiger partial charge in [0.05, 0.1) is 11.9 Å². The fourth-order valence-electron chi connectivity index (χ4n) is 3.09. The van der Waals surface area contributed by atoms with Crippen molar-refractivity contribution in [3.63, 3.8) is 0 Å². The Morgan fingerprint density at radius 2 is 2.30 bits per heavy atom. The SMILES string of the molecule is C=CC(=O)N1CCC[C@@H](Nc2ncnc(N)c2N(C=O)c2cccnc2)C1. The van der Waals surface area contributed by atoms with Crippen LogP contribution in [-0.4, -0.2) is 51.3 Å². The van der Waals surface area contributed by atoms with Crippen LogP contribution in [0.25, 0.3) is 0 Å². The first-order valence-electron chi connectivity index (χ1n) is 8.57. The van der Waals surface area contributed by atoms with E-state index >= 15 is 0 Å². The standard InChI is InChI=1S/C18H21N7O2/c1-2-15(27)24-8-4-5-13(10-24)23-18-16(17(19)21-11-22-18)25(12-26)14-6-3-7-20-9-14/h2-3,6-7,9,11-13H,1,4-5,8,10H2,(H3,19,21,22,23)/t13-/m1/s1. The van der Waals surface area contributed by atoms with Crippen molar-refractivity contribution in [2.45, 2.75) is 18.9 Å². The average Bonchev–Trinajstić information content (AvgIpc) is 2.71. The predicted octanol–water partition coefficient (Wildman–Crippen LogP) is 1.34. The van der Waals surface area contributed by atoms with Crippen molar-refractivity contribution in [3.8, 4) is 0 Å². The predicted molar refractivity (Wildman–Crippen MR) is 102 cm³/mol. The van der Waals surface area contributed by atoms with Crippen LogP contribution >= 0.6 is 0 Å². The molecule has 3 heterocycles. The van der Waals surface area contributed by atoms with Gasteiger partial charge in [0.1, 0.15) is 12.0 Å². The maximum atomic E-state index is 11.9. The highest BCUT2D eigenvalue weighted by molar-refractivity contribution is 5.95. The quantitative estimate of drug-likeness (QED) is 0.584. The lowest BCUT2D eigenvalue weighted by molar-refractivity contribution is -0.127. The van der Waals surface area contributed by atoms with Gasteiger partial charge in [0.15, 0.2) is 11.6 Å². The van der Waals surface area contributed by atoms with Crippen molar-refractivity contribution in [2.75, 3.05) is 29.0 Å². The summed E-state index contributed by atoms with van der Waals surface area (Å²) in [4.78, 5) is 39.1. The van der Waals surface area contributed by atoms with E-state index in [0.717, 1.165) is 12.8 Å². The number of nitrogens with two attached hydrogens (primary N) is 1. The monoisotopic (exact) mass is 367 g/mol. The number of carbonyl (C=O) groups is 2. The molecule has 2 aromatic rings. The van der Waals surface area contributed by atoms with Gasteiger partial charge in [-0.25, -0.2) is 9.97 Å². The minimum atomic E-state index is -0.103. The molecule has 0 radical (unpaired) electrons. The van der Waals surface area contributed by atoms with Gasteiger partial charge in [-0.1, -0.05) is 6.58 Å². The van der Waals surface area contributed by atoms with Gasteiger partial charge in [-0.15, -0.1) is 0 Å². The molecule has 0 aliphatic carbocycles. The third-order valence-corrected chi connectivity index (χ3v) is 4.37. The van der Waals surface area contributed by atoms with Crippen molar-refractivity contribution in [1.29, 1.82) is 0 Å². The van der Waals surface area contributed by atoms with Crippen LogP contribution < -0.4 is 16.0 Å². The topological polar surface area (TPSA) is 117 Å². The summed E-state index contributed by atoms with van der Waals surface area (Å²) >= 11 is 0. The maximum Gasteiger partial charge on any atom is 0.246 e. The van der Waals surface area contributed by atoms with E-state index in [-0.39, 0.29) is 17.8 Å². The van der Waals surface area contributed by atoms with Crippen molar-refractivity contribution in [2.24, 2.45) is 0 Å². The lowest BCUT2D eigenvalue weighted by Gasteiger charge is -2.33. The highest BCUT2D eigenvalue weighted by atomic mass is 16.2. The number of hydrogen-bond donors (Lipinski definition) is 2. The molecule has 3 rings (SSSR count). The van der Waals surface area contributed by atoms with Gasteiger partial charge in [-0.2, -0.15) is 0 Å². The van der Waals surface area contributed by atoms with Gasteiger partial charge in [0.2, 0.25) is 12.3 Å². The average molecular weight is 367 g/mol. The molecular formula is C18H21N7O2. The van der Waals surface area contributed by atoms with Gasteiger partial charge in [-0.3, -0.25) is 19.5 Å². The number of amides is 2. The molecule has 1 saturated heterocycles. The van der Waals surface area contributed by atoms with Crippen LogP contribution in [0, 0.1) is 0 Å². The summed E-state index contributed by atoms with van der Waals surface area (Å²) in [6, 6.07) is 3.43. The van der Waals surface area contributed by atoms with Crippen molar-refractivity contribution in [3.05, 3.63) is 43.5 Å². The Hall–Kier alpha value is -3.49. The summed E-state index contributed by atoms with van der Waals surface area (Å²) in [6.07, 6.45) is 8.17. The molecule has 0 bridgehead atoms. The molecule has 9 heteroatoms. The first kappa shape index (κ1) is 18.3. The van der Waals surface area contributed by atoms with E-state index in [1.165, 1.54) is 17.3 Å². The smallest absolute Gasteiger partial charge is 0.246 e. The lowest BCUT2D eigenvalue weighted by Crippen LogP contribution is -2.44. The molecule has 140 valence electrons. The zero-order valence-corrected chi connectivity index (χ0v) is 14.8. The molecule has 2 aromatic heterocycles. The number of anilines is 4. The van der Waals surface area contributed by atoms with E-state index in [9.17, 15) is 9.59 Å². The van der Waals surface area contributed by atoms with Gasteiger partial charge in [0.25, 0.3) is 0 Å². The first-order valence-corrected chi connectivity index (χ1v) is 8.57. The Bertz CT molecular complexity index is 828. The van der Waals surface area contributed by atoms with Crippen LogP contribution in [-0.2, 0) is 9.59 Å². The molecular weight excluding hydrogens is 346 g/mol. The van der Waals surface area contributed by atoms with Crippen LogP contribution in [0.2, 0.25) is 0 Å². The minimum Gasteiger partial charge on any atom is -0.382 e. The second-order valence-corrected chi connectivity index (χ2v) is 6.11. The van der Waals surface area contributed by atoms with E-state index in [0.29, 0.717) is 36.7 Å². The number of nitrogens with one attached hydrogen (secondary N) is 1. The number of carbonyl (C=O) groups excluding carboxylic acids is 2. The second-order valence-electron chi connectivity index (χ2n) is 6.11. The van der Waals surface area contributed by atoms with Crippen LogP contribution in [0.1, 0.15) is 12.8 Å². The molecule has 0 saturated carbocycles. The zero-order valence-electron chi connectivity index (χ0n) is 14.8. The van der Waals surface area contributed by atoms with Crippen LogP contribution in [0.15, 0.2) is 43.5 Å². The molecule has 1 atom stereocenters. The third kappa shape index (κ3) is 4.02. The van der Waals surface area contributed by atoms with Gasteiger partial charge >= 0.3 is 0 Å². The van der Waals surface area contributed by atoms with Crippen molar-refractivity contribution >= 4 is 35.3 Å². The Morgan fingerprint density at radius 3 is 3.00 bits per heavy atom. The van der Waals surface area contributed by atoms with Crippen LogP contribution in [0.4, 0.5) is 23.0 Å². The Labute approximate surface area is 156 Å². The van der Waals surface area contributed by atoms with Crippen molar-refractivity contribution in [1.82, 2.24) is 19.9 Å². The van der Waals surface area contributed by atoms with E-state index in [2.05, 4.69) is 26.8 Å². The molecule has 0 unspecified atom stereocenters. The summed E-state index contributed by atoms with van der Waals surface area (Å²) in [5, 5.41) is 3.30. The normalized spacial score (nSPS) is 16.4. The summed E-state index contributed by atoms with van der Waals surface area (Å²) in [7, 11) is 0. The summed E-state index contributed by atoms with van der Waals surface area (Å²) in [6.45, 7) is 4.75. The number of piperidine rings is 1. The highest BCUT2D eigenvalue weighted by Gasteiger charge is 2.25. The number of likely N-dealkylation sites (tertiary alicyclic amines) is 1. The summed E-state index contributed by atoms with van der Waals surface area (Å²) in [5.74, 6) is 0.489.